The number of hydrogen-bond acceptors (Lipinski definition) is 2. The van der Waals surface area contributed by atoms with E-state index in [4.69, 9.17) is 5.73 Å². The third-order valence-corrected chi connectivity index (χ3v) is 3.74. The van der Waals surface area contributed by atoms with Crippen molar-refractivity contribution in [2.45, 2.75) is 40.2 Å². The van der Waals surface area contributed by atoms with E-state index < -0.39 is 0 Å². The van der Waals surface area contributed by atoms with Gasteiger partial charge in [-0.2, -0.15) is 5.10 Å². The third-order valence-electron chi connectivity index (χ3n) is 3.74. The van der Waals surface area contributed by atoms with Gasteiger partial charge in [0.15, 0.2) is 0 Å². The van der Waals surface area contributed by atoms with Crippen molar-refractivity contribution in [2.75, 3.05) is 6.54 Å². The maximum absolute atomic E-state index is 5.60. The lowest BCUT2D eigenvalue weighted by Gasteiger charge is -2.08. The highest BCUT2D eigenvalue weighted by Gasteiger charge is 2.11. The molecule has 1 aromatic heterocycles. The van der Waals surface area contributed by atoms with Crippen molar-refractivity contribution in [3.63, 3.8) is 0 Å². The van der Waals surface area contributed by atoms with Gasteiger partial charge in [0.25, 0.3) is 0 Å². The van der Waals surface area contributed by atoms with Crippen LogP contribution in [0.25, 0.3) is 0 Å². The van der Waals surface area contributed by atoms with Crippen LogP contribution < -0.4 is 5.73 Å². The average molecular weight is 257 g/mol. The highest BCUT2D eigenvalue weighted by atomic mass is 15.3. The molecule has 0 atom stereocenters. The summed E-state index contributed by atoms with van der Waals surface area (Å²) in [6.07, 6.45) is 2.06. The summed E-state index contributed by atoms with van der Waals surface area (Å²) in [6.45, 7) is 7.98. The van der Waals surface area contributed by atoms with Crippen LogP contribution in [0.4, 0.5) is 0 Å². The number of nitrogens with zero attached hydrogens (tertiary/aromatic N) is 2. The topological polar surface area (TPSA) is 43.8 Å². The van der Waals surface area contributed by atoms with E-state index >= 15 is 0 Å². The minimum absolute atomic E-state index is 0.738. The van der Waals surface area contributed by atoms with Crippen molar-refractivity contribution in [3.8, 4) is 0 Å². The first-order valence-electron chi connectivity index (χ1n) is 6.91. The zero-order valence-electron chi connectivity index (χ0n) is 12.1. The Labute approximate surface area is 115 Å². The number of aryl methyl sites for hydroxylation is 2. The Hall–Kier alpha value is -1.61. The molecule has 0 saturated carbocycles. The molecule has 1 aromatic carbocycles. The third kappa shape index (κ3) is 3.04. The molecule has 2 aromatic rings. The summed E-state index contributed by atoms with van der Waals surface area (Å²) in [6, 6.07) is 8.48. The quantitative estimate of drug-likeness (QED) is 0.895. The number of rotatable bonds is 5. The Kier molecular flexibility index (Phi) is 4.38. The molecule has 0 fully saturated rings. The van der Waals surface area contributed by atoms with Crippen LogP contribution in [0.1, 0.15) is 34.5 Å². The minimum atomic E-state index is 0.738. The summed E-state index contributed by atoms with van der Waals surface area (Å²) in [5, 5.41) is 4.68. The van der Waals surface area contributed by atoms with E-state index in [1.165, 1.54) is 22.4 Å². The monoisotopic (exact) mass is 257 g/mol. The zero-order chi connectivity index (χ0) is 13.8. The van der Waals surface area contributed by atoms with Crippen LogP contribution in [0.15, 0.2) is 24.3 Å². The molecule has 0 aliphatic heterocycles. The molecule has 1 heterocycles. The van der Waals surface area contributed by atoms with Gasteiger partial charge < -0.3 is 5.73 Å². The second-order valence-electron chi connectivity index (χ2n) is 5.13. The summed E-state index contributed by atoms with van der Waals surface area (Å²) < 4.78 is 2.11. The van der Waals surface area contributed by atoms with Crippen LogP contribution in [-0.4, -0.2) is 16.3 Å². The highest BCUT2D eigenvalue weighted by molar-refractivity contribution is 5.29. The molecule has 0 unspecified atom stereocenters. The number of nitrogens with two attached hydrogens (primary N) is 1. The molecule has 0 radical (unpaired) electrons. The number of hydrogen-bond donors (Lipinski definition) is 1. The van der Waals surface area contributed by atoms with Crippen molar-refractivity contribution >= 4 is 0 Å². The van der Waals surface area contributed by atoms with Gasteiger partial charge in [0.1, 0.15) is 0 Å². The maximum atomic E-state index is 5.60. The van der Waals surface area contributed by atoms with Gasteiger partial charge in [-0.15, -0.1) is 0 Å². The van der Waals surface area contributed by atoms with E-state index in [1.807, 2.05) is 0 Å². The normalized spacial score (nSPS) is 10.9. The predicted molar refractivity (Wildman–Crippen MR) is 79.4 cm³/mol. The van der Waals surface area contributed by atoms with E-state index in [0.29, 0.717) is 0 Å². The van der Waals surface area contributed by atoms with Crippen molar-refractivity contribution in [1.29, 1.82) is 0 Å². The van der Waals surface area contributed by atoms with Gasteiger partial charge in [0, 0.05) is 5.69 Å². The summed E-state index contributed by atoms with van der Waals surface area (Å²) >= 11 is 0. The van der Waals surface area contributed by atoms with E-state index in [2.05, 4.69) is 54.8 Å². The fraction of sp³-hybridized carbons (Fsp3) is 0.438. The van der Waals surface area contributed by atoms with E-state index in [1.54, 1.807) is 0 Å². The summed E-state index contributed by atoms with van der Waals surface area (Å²) in [5.41, 5.74) is 12.0. The minimum Gasteiger partial charge on any atom is -0.330 e. The van der Waals surface area contributed by atoms with E-state index in [9.17, 15) is 0 Å². The van der Waals surface area contributed by atoms with Gasteiger partial charge in [-0.1, -0.05) is 24.3 Å². The SMILES string of the molecule is Cc1ccccc1Cn1nc(C)c(CCCN)c1C. The van der Waals surface area contributed by atoms with Crippen molar-refractivity contribution in [2.24, 2.45) is 5.73 Å². The van der Waals surface area contributed by atoms with Crippen LogP contribution in [0.3, 0.4) is 0 Å². The lowest BCUT2D eigenvalue weighted by molar-refractivity contribution is 0.655. The lowest BCUT2D eigenvalue weighted by atomic mass is 10.1. The zero-order valence-corrected chi connectivity index (χ0v) is 12.1. The van der Waals surface area contributed by atoms with Gasteiger partial charge >= 0.3 is 0 Å². The molecule has 0 bridgehead atoms. The Morgan fingerprint density at radius 1 is 1.16 bits per heavy atom. The fourth-order valence-electron chi connectivity index (χ4n) is 2.48. The van der Waals surface area contributed by atoms with Crippen LogP contribution in [-0.2, 0) is 13.0 Å². The molecular formula is C16H23N3. The number of aromatic nitrogens is 2. The van der Waals surface area contributed by atoms with Gasteiger partial charge in [-0.3, -0.25) is 4.68 Å². The Balaban J connectivity index is 2.24. The maximum Gasteiger partial charge on any atom is 0.0665 e. The van der Waals surface area contributed by atoms with Crippen LogP contribution in [0.2, 0.25) is 0 Å². The average Bonchev–Trinajstić information content (AvgIpc) is 2.65. The molecular weight excluding hydrogens is 234 g/mol. The molecule has 3 nitrogen and oxygen atoms in total. The Bertz CT molecular complexity index is 555. The van der Waals surface area contributed by atoms with Crippen molar-refractivity contribution in [1.82, 2.24) is 9.78 Å². The Morgan fingerprint density at radius 3 is 2.58 bits per heavy atom. The van der Waals surface area contributed by atoms with Crippen molar-refractivity contribution in [3.05, 3.63) is 52.3 Å². The van der Waals surface area contributed by atoms with Crippen LogP contribution >= 0.6 is 0 Å². The molecule has 0 aliphatic rings. The van der Waals surface area contributed by atoms with Gasteiger partial charge in [-0.25, -0.2) is 0 Å². The van der Waals surface area contributed by atoms with Crippen LogP contribution in [0.5, 0.6) is 0 Å². The molecule has 0 aliphatic carbocycles. The Morgan fingerprint density at radius 2 is 1.89 bits per heavy atom. The standard InChI is InChI=1S/C16H23N3/c1-12-7-4-5-8-15(12)11-19-14(3)16(9-6-10-17)13(2)18-19/h4-5,7-8H,6,9-11,17H2,1-3H3. The lowest BCUT2D eigenvalue weighted by Crippen LogP contribution is -2.06. The molecule has 0 amide bonds. The van der Waals surface area contributed by atoms with Gasteiger partial charge in [0.05, 0.1) is 12.2 Å². The van der Waals surface area contributed by atoms with Crippen LogP contribution in [0, 0.1) is 20.8 Å². The first-order valence-corrected chi connectivity index (χ1v) is 6.91. The predicted octanol–water partition coefficient (Wildman–Crippen LogP) is 2.75. The highest BCUT2D eigenvalue weighted by Crippen LogP contribution is 2.17. The smallest absolute Gasteiger partial charge is 0.0665 e. The van der Waals surface area contributed by atoms with Gasteiger partial charge in [-0.05, 0) is 56.8 Å². The second-order valence-corrected chi connectivity index (χ2v) is 5.13. The fourth-order valence-corrected chi connectivity index (χ4v) is 2.48. The van der Waals surface area contributed by atoms with E-state index in [0.717, 1.165) is 31.6 Å². The van der Waals surface area contributed by atoms with Crippen molar-refractivity contribution < 1.29 is 0 Å². The molecule has 19 heavy (non-hydrogen) atoms. The van der Waals surface area contributed by atoms with Gasteiger partial charge in [0.2, 0.25) is 0 Å². The number of benzene rings is 1. The first kappa shape index (κ1) is 13.8. The van der Waals surface area contributed by atoms with E-state index in [-0.39, 0.29) is 0 Å². The molecule has 2 rings (SSSR count). The second kappa shape index (κ2) is 6.02. The molecule has 102 valence electrons. The first-order chi connectivity index (χ1) is 9.13. The summed E-state index contributed by atoms with van der Waals surface area (Å²) in [4.78, 5) is 0. The largest absolute Gasteiger partial charge is 0.330 e. The molecule has 0 spiro atoms. The summed E-state index contributed by atoms with van der Waals surface area (Å²) in [7, 11) is 0. The molecule has 2 N–H and O–H groups in total. The summed E-state index contributed by atoms with van der Waals surface area (Å²) in [5.74, 6) is 0. The molecule has 3 heteroatoms. The molecule has 0 saturated heterocycles.